The molecule has 1 fully saturated rings. The van der Waals surface area contributed by atoms with Crippen LogP contribution in [-0.2, 0) is 14.8 Å². The molecular formula is C18H24N4O3S. The van der Waals surface area contributed by atoms with Crippen molar-refractivity contribution in [3.8, 4) is 0 Å². The smallest absolute Gasteiger partial charge is 0.248 e. The number of aryl methyl sites for hydroxylation is 1. The molecule has 2 aromatic rings. The Bertz CT molecular complexity index is 872. The summed E-state index contributed by atoms with van der Waals surface area (Å²) < 4.78 is 28.8. The van der Waals surface area contributed by atoms with Gasteiger partial charge in [0.25, 0.3) is 0 Å². The van der Waals surface area contributed by atoms with Crippen LogP contribution in [0.3, 0.4) is 0 Å². The van der Waals surface area contributed by atoms with E-state index in [-0.39, 0.29) is 10.8 Å². The van der Waals surface area contributed by atoms with Gasteiger partial charge in [-0.1, -0.05) is 12.5 Å². The normalized spacial score (nSPS) is 17.0. The lowest BCUT2D eigenvalue weighted by Crippen LogP contribution is -2.35. The van der Waals surface area contributed by atoms with Crippen LogP contribution < -0.4 is 5.32 Å². The maximum absolute atomic E-state index is 12.9. The molecule has 1 aromatic carbocycles. The highest BCUT2D eigenvalue weighted by Gasteiger charge is 2.26. The molecular weight excluding hydrogens is 352 g/mol. The fraction of sp³-hybridized carbons (Fsp3) is 0.444. The first-order valence-corrected chi connectivity index (χ1v) is 10.2. The van der Waals surface area contributed by atoms with Crippen molar-refractivity contribution < 1.29 is 13.2 Å². The van der Waals surface area contributed by atoms with Crippen LogP contribution in [0.5, 0.6) is 0 Å². The first-order valence-electron chi connectivity index (χ1n) is 8.80. The zero-order valence-electron chi connectivity index (χ0n) is 15.1. The lowest BCUT2D eigenvalue weighted by molar-refractivity contribution is -0.119. The molecule has 7 nitrogen and oxygen atoms in total. The monoisotopic (exact) mass is 376 g/mol. The van der Waals surface area contributed by atoms with Gasteiger partial charge in [-0.3, -0.25) is 9.48 Å². The van der Waals surface area contributed by atoms with E-state index in [2.05, 4.69) is 10.4 Å². The summed E-state index contributed by atoms with van der Waals surface area (Å²) in [4.78, 5) is 12.7. The summed E-state index contributed by atoms with van der Waals surface area (Å²) in [6.45, 7) is 4.68. The van der Waals surface area contributed by atoms with Gasteiger partial charge in [-0.05, 0) is 50.5 Å². The van der Waals surface area contributed by atoms with Crippen molar-refractivity contribution in [1.29, 1.82) is 0 Å². The van der Waals surface area contributed by atoms with Crippen molar-refractivity contribution in [2.24, 2.45) is 0 Å². The van der Waals surface area contributed by atoms with E-state index in [9.17, 15) is 13.2 Å². The number of hydrogen-bond donors (Lipinski definition) is 1. The summed E-state index contributed by atoms with van der Waals surface area (Å²) in [5.41, 5.74) is 1.32. The maximum Gasteiger partial charge on any atom is 0.248 e. The average molecular weight is 376 g/mol. The molecule has 1 aliphatic rings. The molecule has 1 aliphatic heterocycles. The Morgan fingerprint density at radius 3 is 2.62 bits per heavy atom. The molecule has 3 rings (SSSR count). The summed E-state index contributed by atoms with van der Waals surface area (Å²) in [5.74, 6) is -0.246. The second-order valence-corrected chi connectivity index (χ2v) is 8.53. The van der Waals surface area contributed by atoms with E-state index in [1.807, 2.05) is 6.92 Å². The number of nitrogens with one attached hydrogen (secondary N) is 1. The van der Waals surface area contributed by atoms with Gasteiger partial charge in [-0.25, -0.2) is 8.42 Å². The topological polar surface area (TPSA) is 84.3 Å². The minimum atomic E-state index is -3.54. The van der Waals surface area contributed by atoms with E-state index in [1.165, 1.54) is 4.31 Å². The Morgan fingerprint density at radius 1 is 1.23 bits per heavy atom. The number of nitrogens with zero attached hydrogens (tertiary/aromatic N) is 3. The van der Waals surface area contributed by atoms with E-state index >= 15 is 0 Å². The SMILES string of the molecule is Cc1ccc(S(=O)(=O)N2CCCCC2)cc1NC(=O)[C@@H](C)n1cccn1. The van der Waals surface area contributed by atoms with E-state index in [0.717, 1.165) is 24.8 Å². The van der Waals surface area contributed by atoms with Gasteiger partial charge in [0.2, 0.25) is 15.9 Å². The van der Waals surface area contributed by atoms with Crippen LogP contribution in [0.1, 0.15) is 37.8 Å². The van der Waals surface area contributed by atoms with E-state index in [0.29, 0.717) is 18.8 Å². The largest absolute Gasteiger partial charge is 0.324 e. The highest BCUT2D eigenvalue weighted by atomic mass is 32.2. The Balaban J connectivity index is 1.82. The lowest BCUT2D eigenvalue weighted by atomic mass is 10.2. The van der Waals surface area contributed by atoms with Gasteiger partial charge in [0, 0.05) is 31.2 Å². The molecule has 8 heteroatoms. The predicted molar refractivity (Wildman–Crippen MR) is 99.4 cm³/mol. The van der Waals surface area contributed by atoms with Crippen LogP contribution in [0.2, 0.25) is 0 Å². The molecule has 1 amide bonds. The summed E-state index contributed by atoms with van der Waals surface area (Å²) in [6, 6.07) is 6.14. The molecule has 0 unspecified atom stereocenters. The fourth-order valence-electron chi connectivity index (χ4n) is 3.02. The van der Waals surface area contributed by atoms with Gasteiger partial charge in [0.1, 0.15) is 6.04 Å². The third kappa shape index (κ3) is 3.81. The maximum atomic E-state index is 12.9. The number of aromatic nitrogens is 2. The van der Waals surface area contributed by atoms with Crippen LogP contribution in [0.15, 0.2) is 41.6 Å². The highest BCUT2D eigenvalue weighted by molar-refractivity contribution is 7.89. The minimum Gasteiger partial charge on any atom is -0.324 e. The number of sulfonamides is 1. The molecule has 1 N–H and O–H groups in total. The number of carbonyl (C=O) groups is 1. The van der Waals surface area contributed by atoms with E-state index in [4.69, 9.17) is 0 Å². The molecule has 2 heterocycles. The summed E-state index contributed by atoms with van der Waals surface area (Å²) >= 11 is 0. The Labute approximate surface area is 154 Å². The highest BCUT2D eigenvalue weighted by Crippen LogP contribution is 2.25. The number of amides is 1. The molecule has 0 spiro atoms. The third-order valence-corrected chi connectivity index (χ3v) is 6.62. The van der Waals surface area contributed by atoms with Crippen LogP contribution >= 0.6 is 0 Å². The number of benzene rings is 1. The summed E-state index contributed by atoms with van der Waals surface area (Å²) in [6.07, 6.45) is 6.16. The molecule has 1 saturated heterocycles. The predicted octanol–water partition coefficient (Wildman–Crippen LogP) is 2.57. The number of carbonyl (C=O) groups excluding carboxylic acids is 1. The number of anilines is 1. The Morgan fingerprint density at radius 2 is 1.96 bits per heavy atom. The lowest BCUT2D eigenvalue weighted by Gasteiger charge is -2.26. The first-order chi connectivity index (χ1) is 12.4. The molecule has 1 atom stereocenters. The zero-order chi connectivity index (χ0) is 18.7. The number of piperidine rings is 1. The van der Waals surface area contributed by atoms with Crippen molar-refractivity contribution >= 4 is 21.6 Å². The Hall–Kier alpha value is -2.19. The van der Waals surface area contributed by atoms with Crippen molar-refractivity contribution in [3.05, 3.63) is 42.2 Å². The molecule has 0 aliphatic carbocycles. The van der Waals surface area contributed by atoms with Gasteiger partial charge in [-0.2, -0.15) is 9.40 Å². The van der Waals surface area contributed by atoms with Gasteiger partial charge < -0.3 is 5.32 Å². The molecule has 0 radical (unpaired) electrons. The molecule has 0 bridgehead atoms. The third-order valence-electron chi connectivity index (χ3n) is 4.72. The molecule has 26 heavy (non-hydrogen) atoms. The van der Waals surface area contributed by atoms with Crippen LogP contribution in [-0.4, -0.2) is 41.5 Å². The van der Waals surface area contributed by atoms with Crippen molar-refractivity contribution in [3.63, 3.8) is 0 Å². The van der Waals surface area contributed by atoms with Crippen LogP contribution in [0.4, 0.5) is 5.69 Å². The second-order valence-electron chi connectivity index (χ2n) is 6.59. The van der Waals surface area contributed by atoms with Gasteiger partial charge in [0.05, 0.1) is 4.90 Å². The molecule has 140 valence electrons. The standard InChI is InChI=1S/C18H24N4O3S/c1-14-7-8-16(26(24,25)21-10-4-3-5-11-21)13-17(14)20-18(23)15(2)22-12-6-9-19-22/h6-9,12-13,15H,3-5,10-11H2,1-2H3,(H,20,23)/t15-/m1/s1. The quantitative estimate of drug-likeness (QED) is 0.869. The van der Waals surface area contributed by atoms with Gasteiger partial charge >= 0.3 is 0 Å². The molecule has 0 saturated carbocycles. The Kier molecular flexibility index (Phi) is 5.43. The average Bonchev–Trinajstić information content (AvgIpc) is 3.18. The molecule has 1 aromatic heterocycles. The minimum absolute atomic E-state index is 0.215. The van der Waals surface area contributed by atoms with Crippen molar-refractivity contribution in [2.75, 3.05) is 18.4 Å². The van der Waals surface area contributed by atoms with Crippen molar-refractivity contribution in [1.82, 2.24) is 14.1 Å². The second kappa shape index (κ2) is 7.59. The summed E-state index contributed by atoms with van der Waals surface area (Å²) in [7, 11) is -3.54. The van der Waals surface area contributed by atoms with Crippen LogP contribution in [0, 0.1) is 6.92 Å². The summed E-state index contributed by atoms with van der Waals surface area (Å²) in [5, 5.41) is 6.90. The number of rotatable bonds is 5. The number of hydrogen-bond acceptors (Lipinski definition) is 4. The fourth-order valence-corrected chi connectivity index (χ4v) is 4.56. The zero-order valence-corrected chi connectivity index (χ0v) is 15.9. The van der Waals surface area contributed by atoms with Gasteiger partial charge in [0.15, 0.2) is 0 Å². The van der Waals surface area contributed by atoms with E-state index < -0.39 is 16.1 Å². The van der Waals surface area contributed by atoms with Crippen LogP contribution in [0.25, 0.3) is 0 Å². The van der Waals surface area contributed by atoms with Crippen molar-refractivity contribution in [2.45, 2.75) is 44.0 Å². The first kappa shape index (κ1) is 18.6. The van der Waals surface area contributed by atoms with Gasteiger partial charge in [-0.15, -0.1) is 0 Å². The van der Waals surface area contributed by atoms with E-state index in [1.54, 1.807) is 48.3 Å².